The standard InChI is InChI=1S/C20H24O4/c1-9-10-5-6-13-19(4)15-11(18(2,3)8-12(15)21)7-14(24-19)20(13,16(9)22)17(10)23/h10,13-14,17,23H,1,5-8H2,2-4H3/t10-,13-,14-,17+,19-,20-/m0/s1. The third kappa shape index (κ3) is 1.27. The zero-order valence-corrected chi connectivity index (χ0v) is 14.5. The average Bonchev–Trinajstić information content (AvgIpc) is 2.89. The van der Waals surface area contributed by atoms with E-state index in [2.05, 4.69) is 20.4 Å². The number of hydrogen-bond donors (Lipinski definition) is 1. The lowest BCUT2D eigenvalue weighted by Crippen LogP contribution is -2.53. The van der Waals surface area contributed by atoms with Gasteiger partial charge in [0.05, 0.1) is 23.2 Å². The smallest absolute Gasteiger partial charge is 0.170 e. The van der Waals surface area contributed by atoms with Gasteiger partial charge < -0.3 is 9.84 Å². The quantitative estimate of drug-likeness (QED) is 0.693. The highest BCUT2D eigenvalue weighted by molar-refractivity contribution is 6.07. The molecule has 4 bridgehead atoms. The summed E-state index contributed by atoms with van der Waals surface area (Å²) in [4.78, 5) is 26.0. The van der Waals surface area contributed by atoms with Crippen LogP contribution in [0.25, 0.3) is 0 Å². The van der Waals surface area contributed by atoms with Gasteiger partial charge in [-0.2, -0.15) is 0 Å². The number of ether oxygens (including phenoxy) is 1. The summed E-state index contributed by atoms with van der Waals surface area (Å²) in [7, 11) is 0. The highest BCUT2D eigenvalue weighted by atomic mass is 16.5. The Bertz CT molecular complexity index is 760. The van der Waals surface area contributed by atoms with Crippen molar-refractivity contribution in [1.82, 2.24) is 0 Å². The molecule has 4 nitrogen and oxygen atoms in total. The molecule has 0 aromatic carbocycles. The monoisotopic (exact) mass is 328 g/mol. The highest BCUT2D eigenvalue weighted by Crippen LogP contribution is 2.70. The number of ketones is 2. The van der Waals surface area contributed by atoms with E-state index in [1.807, 2.05) is 6.92 Å². The largest absolute Gasteiger partial charge is 0.391 e. The van der Waals surface area contributed by atoms with Crippen LogP contribution >= 0.6 is 0 Å². The fraction of sp³-hybridized carbons (Fsp3) is 0.700. The Balaban J connectivity index is 1.75. The van der Waals surface area contributed by atoms with Crippen LogP contribution in [0.3, 0.4) is 0 Å². The molecule has 24 heavy (non-hydrogen) atoms. The molecule has 5 aliphatic rings. The lowest BCUT2D eigenvalue weighted by Gasteiger charge is -2.42. The second kappa shape index (κ2) is 3.94. The van der Waals surface area contributed by atoms with Gasteiger partial charge in [-0.25, -0.2) is 0 Å². The molecule has 2 saturated carbocycles. The van der Waals surface area contributed by atoms with Crippen LogP contribution in [-0.4, -0.2) is 34.5 Å². The minimum absolute atomic E-state index is 0.0114. The molecule has 4 heteroatoms. The van der Waals surface area contributed by atoms with Gasteiger partial charge in [-0.1, -0.05) is 26.0 Å². The summed E-state index contributed by atoms with van der Waals surface area (Å²) in [5.74, 6) is -0.117. The van der Waals surface area contributed by atoms with Crippen LogP contribution in [0.4, 0.5) is 0 Å². The van der Waals surface area contributed by atoms with E-state index < -0.39 is 17.1 Å². The van der Waals surface area contributed by atoms with Gasteiger partial charge >= 0.3 is 0 Å². The van der Waals surface area contributed by atoms with Crippen LogP contribution in [0, 0.1) is 22.7 Å². The molecule has 0 unspecified atom stereocenters. The highest BCUT2D eigenvalue weighted by Gasteiger charge is 2.77. The molecule has 3 fully saturated rings. The normalized spacial score (nSPS) is 51.2. The Hall–Kier alpha value is -1.26. The first kappa shape index (κ1) is 15.0. The van der Waals surface area contributed by atoms with E-state index in [1.54, 1.807) is 0 Å². The van der Waals surface area contributed by atoms with Crippen molar-refractivity contribution in [3.8, 4) is 0 Å². The predicted molar refractivity (Wildman–Crippen MR) is 87.1 cm³/mol. The molecule has 0 aromatic rings. The zero-order chi connectivity index (χ0) is 17.2. The molecule has 0 amide bonds. The number of rotatable bonds is 0. The lowest BCUT2D eigenvalue weighted by atomic mass is 9.59. The molecule has 0 radical (unpaired) electrons. The molecule has 1 N–H and O–H groups in total. The minimum Gasteiger partial charge on any atom is -0.391 e. The second-order valence-corrected chi connectivity index (χ2v) is 9.22. The zero-order valence-electron chi connectivity index (χ0n) is 14.5. The van der Waals surface area contributed by atoms with Crippen molar-refractivity contribution in [1.29, 1.82) is 0 Å². The number of fused-ring (bicyclic) bond motifs is 5. The molecule has 1 spiro atoms. The van der Waals surface area contributed by atoms with Crippen molar-refractivity contribution in [2.75, 3.05) is 0 Å². The maximum Gasteiger partial charge on any atom is 0.170 e. The average molecular weight is 328 g/mol. The molecule has 6 atom stereocenters. The Morgan fingerprint density at radius 3 is 2.62 bits per heavy atom. The van der Waals surface area contributed by atoms with Crippen LogP contribution in [0.2, 0.25) is 0 Å². The van der Waals surface area contributed by atoms with Gasteiger partial charge in [-0.05, 0) is 37.2 Å². The van der Waals surface area contributed by atoms with E-state index in [4.69, 9.17) is 4.74 Å². The number of aliphatic hydroxyl groups excluding tert-OH is 1. The van der Waals surface area contributed by atoms with Crippen molar-refractivity contribution in [3.05, 3.63) is 23.3 Å². The summed E-state index contributed by atoms with van der Waals surface area (Å²) in [5, 5.41) is 11.1. The number of carbonyl (C=O) groups is 2. The van der Waals surface area contributed by atoms with Gasteiger partial charge in [-0.15, -0.1) is 0 Å². The van der Waals surface area contributed by atoms with Crippen molar-refractivity contribution < 1.29 is 19.4 Å². The van der Waals surface area contributed by atoms with E-state index >= 15 is 0 Å². The summed E-state index contributed by atoms with van der Waals surface area (Å²) >= 11 is 0. The van der Waals surface area contributed by atoms with Gasteiger partial charge in [-0.3, -0.25) is 9.59 Å². The van der Waals surface area contributed by atoms with Crippen molar-refractivity contribution in [2.24, 2.45) is 22.7 Å². The molecular weight excluding hydrogens is 304 g/mol. The molecule has 2 heterocycles. The van der Waals surface area contributed by atoms with E-state index in [1.165, 1.54) is 0 Å². The Labute approximate surface area is 141 Å². The van der Waals surface area contributed by atoms with Gasteiger partial charge in [0.2, 0.25) is 0 Å². The minimum atomic E-state index is -0.893. The van der Waals surface area contributed by atoms with Crippen molar-refractivity contribution >= 4 is 11.6 Å². The van der Waals surface area contributed by atoms with Crippen molar-refractivity contribution in [2.45, 2.75) is 64.3 Å². The molecule has 0 aromatic heterocycles. The fourth-order valence-electron chi connectivity index (χ4n) is 6.84. The molecule has 2 aliphatic heterocycles. The van der Waals surface area contributed by atoms with Gasteiger partial charge in [0, 0.05) is 23.8 Å². The van der Waals surface area contributed by atoms with E-state index in [9.17, 15) is 14.7 Å². The van der Waals surface area contributed by atoms with Gasteiger partial charge in [0.25, 0.3) is 0 Å². The number of carbonyl (C=O) groups excluding carboxylic acids is 2. The first-order valence-electron chi connectivity index (χ1n) is 9.02. The van der Waals surface area contributed by atoms with Crippen LogP contribution in [0.1, 0.15) is 46.5 Å². The predicted octanol–water partition coefficient (Wildman–Crippen LogP) is 2.36. The first-order valence-corrected chi connectivity index (χ1v) is 9.02. The second-order valence-electron chi connectivity index (χ2n) is 9.22. The van der Waals surface area contributed by atoms with E-state index in [0.717, 1.165) is 24.0 Å². The molecular formula is C20H24O4. The molecule has 5 rings (SSSR count). The van der Waals surface area contributed by atoms with Gasteiger partial charge in [0.15, 0.2) is 11.6 Å². The summed E-state index contributed by atoms with van der Waals surface area (Å²) < 4.78 is 6.42. The summed E-state index contributed by atoms with van der Waals surface area (Å²) in [5.41, 5.74) is 0.717. The van der Waals surface area contributed by atoms with Crippen LogP contribution in [-0.2, 0) is 14.3 Å². The fourth-order valence-corrected chi connectivity index (χ4v) is 6.84. The number of hydrogen-bond acceptors (Lipinski definition) is 4. The van der Waals surface area contributed by atoms with Crippen LogP contribution in [0.5, 0.6) is 0 Å². The molecule has 3 aliphatic carbocycles. The topological polar surface area (TPSA) is 63.6 Å². The number of Topliss-reactive ketones (excluding diaryl/α,β-unsaturated/α-hetero) is 2. The Morgan fingerprint density at radius 2 is 1.92 bits per heavy atom. The van der Waals surface area contributed by atoms with Crippen LogP contribution in [0.15, 0.2) is 23.3 Å². The maximum atomic E-state index is 13.2. The van der Waals surface area contributed by atoms with Crippen molar-refractivity contribution in [3.63, 3.8) is 0 Å². The lowest BCUT2D eigenvalue weighted by molar-refractivity contribution is -0.137. The Morgan fingerprint density at radius 1 is 1.21 bits per heavy atom. The van der Waals surface area contributed by atoms with E-state index in [-0.39, 0.29) is 34.9 Å². The first-order chi connectivity index (χ1) is 11.2. The van der Waals surface area contributed by atoms with Crippen LogP contribution < -0.4 is 0 Å². The Kier molecular flexibility index (Phi) is 2.47. The number of aliphatic hydroxyl groups is 1. The third-order valence-corrected chi connectivity index (χ3v) is 7.82. The van der Waals surface area contributed by atoms with E-state index in [0.29, 0.717) is 18.4 Å². The summed E-state index contributed by atoms with van der Waals surface area (Å²) in [6.45, 7) is 10.2. The summed E-state index contributed by atoms with van der Waals surface area (Å²) in [6.07, 6.45) is 1.62. The maximum absolute atomic E-state index is 13.2. The molecule has 128 valence electrons. The van der Waals surface area contributed by atoms with Gasteiger partial charge in [0.1, 0.15) is 0 Å². The molecule has 1 saturated heterocycles. The third-order valence-electron chi connectivity index (χ3n) is 7.82. The summed E-state index contributed by atoms with van der Waals surface area (Å²) in [6, 6.07) is 0. The SMILES string of the molecule is C=C1C(=O)[C@@]23[C@@H]4CC5=C(C(=O)CC5(C)C)[C@@](C)(O4)[C@@H]2CC[C@@H]1[C@H]3O.